The minimum atomic E-state index is -0.626. The molecule has 1 saturated heterocycles. The molecular formula is C14H27N3O4. The number of hydrogen-bond donors (Lipinski definition) is 0. The lowest BCUT2D eigenvalue weighted by Gasteiger charge is -2.33. The fourth-order valence-electron chi connectivity index (χ4n) is 1.81. The predicted octanol–water partition coefficient (Wildman–Crippen LogP) is 1.24. The van der Waals surface area contributed by atoms with Crippen molar-refractivity contribution in [3.05, 3.63) is 0 Å². The highest BCUT2D eigenvalue weighted by molar-refractivity contribution is 5.91. The van der Waals surface area contributed by atoms with Crippen LogP contribution in [0.15, 0.2) is 0 Å². The number of rotatable bonds is 3. The van der Waals surface area contributed by atoms with Crippen LogP contribution in [0.1, 0.15) is 20.8 Å². The lowest BCUT2D eigenvalue weighted by atomic mass is 10.2. The van der Waals surface area contributed by atoms with Crippen LogP contribution in [0, 0.1) is 0 Å². The number of hydrogen-bond acceptors (Lipinski definition) is 5. The molecule has 21 heavy (non-hydrogen) atoms. The van der Waals surface area contributed by atoms with E-state index in [1.807, 2.05) is 19.0 Å². The van der Waals surface area contributed by atoms with Gasteiger partial charge in [0, 0.05) is 26.2 Å². The van der Waals surface area contributed by atoms with Gasteiger partial charge in [-0.25, -0.2) is 14.5 Å². The molecule has 0 unspecified atom stereocenters. The Bertz CT molecular complexity index is 360. The van der Waals surface area contributed by atoms with Gasteiger partial charge in [0.2, 0.25) is 0 Å². The van der Waals surface area contributed by atoms with Gasteiger partial charge in [-0.2, -0.15) is 0 Å². The fraction of sp³-hybridized carbons (Fsp3) is 0.857. The maximum Gasteiger partial charge on any atom is 0.418 e. The number of amides is 3. The molecule has 0 aromatic carbocycles. The van der Waals surface area contributed by atoms with Crippen molar-refractivity contribution in [1.29, 1.82) is 0 Å². The predicted molar refractivity (Wildman–Crippen MR) is 79.3 cm³/mol. The fourth-order valence-corrected chi connectivity index (χ4v) is 1.81. The molecule has 1 aliphatic rings. The third kappa shape index (κ3) is 6.31. The van der Waals surface area contributed by atoms with Crippen LogP contribution >= 0.6 is 0 Å². The third-order valence-corrected chi connectivity index (χ3v) is 2.90. The highest BCUT2D eigenvalue weighted by atomic mass is 16.6. The topological polar surface area (TPSA) is 62.3 Å². The van der Waals surface area contributed by atoms with Gasteiger partial charge in [-0.15, -0.1) is 0 Å². The number of urea groups is 1. The maximum atomic E-state index is 12.5. The molecule has 3 amide bonds. The Morgan fingerprint density at radius 2 is 1.71 bits per heavy atom. The summed E-state index contributed by atoms with van der Waals surface area (Å²) in [4.78, 5) is 29.5. The summed E-state index contributed by atoms with van der Waals surface area (Å²) in [6.45, 7) is 8.26. The molecule has 0 aromatic heterocycles. The zero-order chi connectivity index (χ0) is 16.0. The van der Waals surface area contributed by atoms with Gasteiger partial charge in [-0.3, -0.25) is 0 Å². The molecule has 1 rings (SSSR count). The lowest BCUT2D eigenvalue weighted by Crippen LogP contribution is -2.52. The van der Waals surface area contributed by atoms with E-state index in [4.69, 9.17) is 9.47 Å². The van der Waals surface area contributed by atoms with Crippen LogP contribution in [0.25, 0.3) is 0 Å². The molecule has 0 aromatic rings. The quantitative estimate of drug-likeness (QED) is 0.785. The van der Waals surface area contributed by atoms with Crippen LogP contribution in [0.2, 0.25) is 0 Å². The van der Waals surface area contributed by atoms with Crippen molar-refractivity contribution in [2.75, 3.05) is 53.5 Å². The summed E-state index contributed by atoms with van der Waals surface area (Å²) in [5.41, 5.74) is -0.626. The Hall–Kier alpha value is -1.34. The van der Waals surface area contributed by atoms with E-state index in [-0.39, 0.29) is 6.03 Å². The van der Waals surface area contributed by atoms with E-state index in [1.165, 1.54) is 4.90 Å². The molecular weight excluding hydrogens is 274 g/mol. The number of likely N-dealkylation sites (N-methyl/N-ethyl adjacent to an activating group) is 1. The van der Waals surface area contributed by atoms with E-state index in [9.17, 15) is 9.59 Å². The molecule has 7 nitrogen and oxygen atoms in total. The summed E-state index contributed by atoms with van der Waals surface area (Å²) in [6.07, 6.45) is -0.596. The van der Waals surface area contributed by atoms with Crippen LogP contribution in [0.5, 0.6) is 0 Å². The molecule has 0 saturated carbocycles. The molecule has 0 spiro atoms. The molecule has 0 aliphatic carbocycles. The molecule has 1 aliphatic heterocycles. The third-order valence-electron chi connectivity index (χ3n) is 2.90. The average molecular weight is 301 g/mol. The van der Waals surface area contributed by atoms with Crippen LogP contribution in [-0.2, 0) is 9.47 Å². The van der Waals surface area contributed by atoms with E-state index in [0.717, 1.165) is 0 Å². The summed E-state index contributed by atoms with van der Waals surface area (Å²) in [5, 5.41) is 0. The van der Waals surface area contributed by atoms with Crippen molar-refractivity contribution in [1.82, 2.24) is 14.7 Å². The van der Waals surface area contributed by atoms with Crippen molar-refractivity contribution in [2.24, 2.45) is 0 Å². The van der Waals surface area contributed by atoms with Gasteiger partial charge in [-0.05, 0) is 34.9 Å². The normalized spacial score (nSPS) is 16.0. The Balaban J connectivity index is 2.74. The van der Waals surface area contributed by atoms with Gasteiger partial charge >= 0.3 is 12.1 Å². The molecule has 0 bridgehead atoms. The van der Waals surface area contributed by atoms with Gasteiger partial charge in [0.1, 0.15) is 5.60 Å². The SMILES string of the molecule is CN(C)CCN(C(=O)OC(C)(C)C)C(=O)N1CCOCC1. The van der Waals surface area contributed by atoms with Crippen molar-refractivity contribution in [2.45, 2.75) is 26.4 Å². The van der Waals surface area contributed by atoms with Crippen LogP contribution in [-0.4, -0.2) is 85.9 Å². The molecule has 0 radical (unpaired) electrons. The summed E-state index contributed by atoms with van der Waals surface area (Å²) < 4.78 is 10.6. The van der Waals surface area contributed by atoms with Gasteiger partial charge in [0.15, 0.2) is 0 Å². The minimum Gasteiger partial charge on any atom is -0.443 e. The van der Waals surface area contributed by atoms with Gasteiger partial charge in [0.05, 0.1) is 13.2 Å². The highest BCUT2D eigenvalue weighted by Gasteiger charge is 2.31. The molecule has 7 heteroatoms. The van der Waals surface area contributed by atoms with E-state index in [1.54, 1.807) is 25.7 Å². The number of nitrogens with zero attached hydrogens (tertiary/aromatic N) is 3. The van der Waals surface area contributed by atoms with Crippen LogP contribution in [0.4, 0.5) is 9.59 Å². The smallest absolute Gasteiger partial charge is 0.418 e. The van der Waals surface area contributed by atoms with Gasteiger partial charge < -0.3 is 19.3 Å². The number of ether oxygens (including phenoxy) is 2. The van der Waals surface area contributed by atoms with Crippen LogP contribution in [0.3, 0.4) is 0 Å². The lowest BCUT2D eigenvalue weighted by molar-refractivity contribution is 0.0170. The molecule has 0 N–H and O–H groups in total. The number of carbonyl (C=O) groups is 2. The molecule has 1 heterocycles. The van der Waals surface area contributed by atoms with E-state index >= 15 is 0 Å². The molecule has 0 atom stereocenters. The monoisotopic (exact) mass is 301 g/mol. The largest absolute Gasteiger partial charge is 0.443 e. The van der Waals surface area contributed by atoms with Crippen molar-refractivity contribution >= 4 is 12.1 Å². The molecule has 122 valence electrons. The van der Waals surface area contributed by atoms with E-state index < -0.39 is 11.7 Å². The first-order valence-electron chi connectivity index (χ1n) is 7.22. The summed E-state index contributed by atoms with van der Waals surface area (Å²) >= 11 is 0. The van der Waals surface area contributed by atoms with Crippen molar-refractivity contribution in [3.8, 4) is 0 Å². The summed E-state index contributed by atoms with van der Waals surface area (Å²) in [6, 6.07) is -0.311. The second-order valence-corrected chi connectivity index (χ2v) is 6.32. The van der Waals surface area contributed by atoms with Crippen molar-refractivity contribution < 1.29 is 19.1 Å². The number of carbonyl (C=O) groups excluding carboxylic acids is 2. The van der Waals surface area contributed by atoms with Crippen molar-refractivity contribution in [3.63, 3.8) is 0 Å². The maximum absolute atomic E-state index is 12.5. The Kier molecular flexibility index (Phi) is 6.42. The summed E-state index contributed by atoms with van der Waals surface area (Å²) in [5.74, 6) is 0. The van der Waals surface area contributed by atoms with Crippen LogP contribution < -0.4 is 0 Å². The first-order valence-corrected chi connectivity index (χ1v) is 7.22. The number of morpholine rings is 1. The molecule has 1 fully saturated rings. The first-order chi connectivity index (χ1) is 9.70. The van der Waals surface area contributed by atoms with E-state index in [2.05, 4.69) is 0 Å². The standard InChI is InChI=1S/C14H27N3O4/c1-14(2,3)21-13(19)17(7-6-15(4)5)12(18)16-8-10-20-11-9-16/h6-11H2,1-5H3. The average Bonchev–Trinajstić information content (AvgIpc) is 2.37. The Morgan fingerprint density at radius 3 is 2.19 bits per heavy atom. The second-order valence-electron chi connectivity index (χ2n) is 6.32. The zero-order valence-electron chi connectivity index (χ0n) is 13.7. The van der Waals surface area contributed by atoms with Gasteiger partial charge in [-0.1, -0.05) is 0 Å². The Labute approximate surface area is 126 Å². The zero-order valence-corrected chi connectivity index (χ0v) is 13.7. The Morgan fingerprint density at radius 1 is 1.14 bits per heavy atom. The van der Waals surface area contributed by atoms with E-state index in [0.29, 0.717) is 39.4 Å². The minimum absolute atomic E-state index is 0.304. The first kappa shape index (κ1) is 17.7. The second kappa shape index (κ2) is 7.61. The number of imide groups is 1. The summed E-state index contributed by atoms with van der Waals surface area (Å²) in [7, 11) is 3.79. The van der Waals surface area contributed by atoms with Gasteiger partial charge in [0.25, 0.3) is 0 Å². The highest BCUT2D eigenvalue weighted by Crippen LogP contribution is 2.12.